The molecule has 29 heavy (non-hydrogen) atoms. The average Bonchev–Trinajstić information content (AvgIpc) is 2.73. The molecule has 2 aliphatic rings. The molecule has 2 aliphatic heterocycles. The first-order valence-electron chi connectivity index (χ1n) is 10.1. The molecule has 6 nitrogen and oxygen atoms in total. The van der Waals surface area contributed by atoms with Gasteiger partial charge in [0.2, 0.25) is 0 Å². The second-order valence-electron chi connectivity index (χ2n) is 7.84. The minimum atomic E-state index is -0.871. The normalized spacial score (nSPS) is 26.0. The summed E-state index contributed by atoms with van der Waals surface area (Å²) < 4.78 is 17.0. The zero-order valence-corrected chi connectivity index (χ0v) is 16.4. The molecule has 2 bridgehead atoms. The Bertz CT molecular complexity index is 783. The lowest BCUT2D eigenvalue weighted by Crippen LogP contribution is -2.63. The fourth-order valence-corrected chi connectivity index (χ4v) is 4.25. The van der Waals surface area contributed by atoms with Crippen molar-refractivity contribution in [2.75, 3.05) is 19.8 Å². The van der Waals surface area contributed by atoms with E-state index in [1.165, 1.54) is 0 Å². The van der Waals surface area contributed by atoms with Gasteiger partial charge >= 0.3 is 6.09 Å². The summed E-state index contributed by atoms with van der Waals surface area (Å²) in [5, 5.41) is 11.1. The molecular formula is C23H27NO5. The molecule has 0 spiro atoms. The zero-order chi connectivity index (χ0) is 20.1. The summed E-state index contributed by atoms with van der Waals surface area (Å²) in [7, 11) is 0. The van der Waals surface area contributed by atoms with Crippen LogP contribution in [-0.2, 0) is 16.1 Å². The number of nitrogens with zero attached hydrogens (tertiary/aromatic N) is 1. The Morgan fingerprint density at radius 2 is 1.66 bits per heavy atom. The third-order valence-corrected chi connectivity index (χ3v) is 5.63. The smallest absolute Gasteiger partial charge is 0.410 e. The highest BCUT2D eigenvalue weighted by Crippen LogP contribution is 2.37. The number of hydrogen-bond donors (Lipinski definition) is 1. The van der Waals surface area contributed by atoms with E-state index >= 15 is 0 Å². The molecule has 4 rings (SSSR count). The standard InChI is InChI=1S/C23H27NO5/c25-22(29-15-18-7-3-1-4-8-18)24-19-13-23(26,14-20(24)17-27-16-19)11-12-28-21-9-5-2-6-10-21/h1-10,19-20,26H,11-17H2. The molecule has 2 heterocycles. The lowest BCUT2D eigenvalue weighted by molar-refractivity contribution is -0.137. The van der Waals surface area contributed by atoms with Gasteiger partial charge in [0, 0.05) is 6.42 Å². The van der Waals surface area contributed by atoms with Crippen molar-refractivity contribution in [1.29, 1.82) is 0 Å². The van der Waals surface area contributed by atoms with E-state index < -0.39 is 5.60 Å². The van der Waals surface area contributed by atoms with Crippen LogP contribution in [-0.4, -0.2) is 53.6 Å². The van der Waals surface area contributed by atoms with Crippen LogP contribution in [0.4, 0.5) is 4.79 Å². The minimum absolute atomic E-state index is 0.188. The minimum Gasteiger partial charge on any atom is -0.493 e. The molecule has 2 aromatic carbocycles. The van der Waals surface area contributed by atoms with Gasteiger partial charge in [0.05, 0.1) is 37.5 Å². The molecule has 1 amide bonds. The summed E-state index contributed by atoms with van der Waals surface area (Å²) in [6.45, 7) is 1.50. The lowest BCUT2D eigenvalue weighted by atomic mass is 9.79. The van der Waals surface area contributed by atoms with Gasteiger partial charge in [-0.2, -0.15) is 0 Å². The Morgan fingerprint density at radius 1 is 1.03 bits per heavy atom. The van der Waals surface area contributed by atoms with Gasteiger partial charge < -0.3 is 19.3 Å². The molecule has 6 heteroatoms. The molecule has 1 N–H and O–H groups in total. The van der Waals surface area contributed by atoms with E-state index in [-0.39, 0.29) is 24.8 Å². The van der Waals surface area contributed by atoms with E-state index in [9.17, 15) is 9.90 Å². The molecule has 2 unspecified atom stereocenters. The van der Waals surface area contributed by atoms with Gasteiger partial charge in [-0.25, -0.2) is 4.79 Å². The Morgan fingerprint density at radius 3 is 2.31 bits per heavy atom. The summed E-state index contributed by atoms with van der Waals surface area (Å²) >= 11 is 0. The predicted octanol–water partition coefficient (Wildman–Crippen LogP) is 3.39. The van der Waals surface area contributed by atoms with Crippen molar-refractivity contribution >= 4 is 6.09 Å². The van der Waals surface area contributed by atoms with Gasteiger partial charge in [0.1, 0.15) is 12.4 Å². The number of carbonyl (C=O) groups excluding carboxylic acids is 1. The van der Waals surface area contributed by atoms with E-state index in [1.807, 2.05) is 60.7 Å². The number of fused-ring (bicyclic) bond motifs is 2. The summed E-state index contributed by atoms with van der Waals surface area (Å²) in [4.78, 5) is 14.5. The number of rotatable bonds is 6. The van der Waals surface area contributed by atoms with E-state index in [1.54, 1.807) is 4.90 Å². The van der Waals surface area contributed by atoms with Crippen LogP contribution >= 0.6 is 0 Å². The molecule has 2 atom stereocenters. The molecule has 0 saturated carbocycles. The second kappa shape index (κ2) is 8.84. The number of morpholine rings is 1. The predicted molar refractivity (Wildman–Crippen MR) is 108 cm³/mol. The van der Waals surface area contributed by atoms with Gasteiger partial charge in [-0.1, -0.05) is 48.5 Å². The van der Waals surface area contributed by atoms with Crippen LogP contribution in [0.25, 0.3) is 0 Å². The fraction of sp³-hybridized carbons (Fsp3) is 0.435. The number of aliphatic hydroxyl groups is 1. The van der Waals surface area contributed by atoms with E-state index in [0.29, 0.717) is 39.1 Å². The highest BCUT2D eigenvalue weighted by Gasteiger charge is 2.48. The summed E-state index contributed by atoms with van der Waals surface area (Å²) in [5.74, 6) is 0.793. The van der Waals surface area contributed by atoms with Gasteiger partial charge in [-0.15, -0.1) is 0 Å². The van der Waals surface area contributed by atoms with Crippen LogP contribution in [0.15, 0.2) is 60.7 Å². The summed E-state index contributed by atoms with van der Waals surface area (Å²) in [6.07, 6.45) is 1.10. The number of hydrogen-bond acceptors (Lipinski definition) is 5. The van der Waals surface area contributed by atoms with Crippen LogP contribution in [0, 0.1) is 0 Å². The van der Waals surface area contributed by atoms with Crippen molar-refractivity contribution in [1.82, 2.24) is 4.90 Å². The highest BCUT2D eigenvalue weighted by atomic mass is 16.6. The van der Waals surface area contributed by atoms with Crippen molar-refractivity contribution in [3.8, 4) is 5.75 Å². The maximum Gasteiger partial charge on any atom is 0.410 e. The topological polar surface area (TPSA) is 68.2 Å². The molecule has 154 valence electrons. The number of para-hydroxylation sites is 1. The van der Waals surface area contributed by atoms with Crippen molar-refractivity contribution in [3.63, 3.8) is 0 Å². The Balaban J connectivity index is 1.33. The molecule has 2 saturated heterocycles. The number of amides is 1. The highest BCUT2D eigenvalue weighted by molar-refractivity contribution is 5.69. The molecule has 2 fully saturated rings. The van der Waals surface area contributed by atoms with Crippen LogP contribution in [0.5, 0.6) is 5.75 Å². The molecular weight excluding hydrogens is 370 g/mol. The largest absolute Gasteiger partial charge is 0.493 e. The van der Waals surface area contributed by atoms with Crippen LogP contribution < -0.4 is 4.74 Å². The molecule has 2 aromatic rings. The van der Waals surface area contributed by atoms with E-state index in [0.717, 1.165) is 11.3 Å². The fourth-order valence-electron chi connectivity index (χ4n) is 4.25. The Kier molecular flexibility index (Phi) is 6.02. The second-order valence-corrected chi connectivity index (χ2v) is 7.84. The van der Waals surface area contributed by atoms with Crippen molar-refractivity contribution in [2.24, 2.45) is 0 Å². The monoisotopic (exact) mass is 397 g/mol. The first-order valence-corrected chi connectivity index (χ1v) is 10.1. The van der Waals surface area contributed by atoms with Crippen LogP contribution in [0.2, 0.25) is 0 Å². The van der Waals surface area contributed by atoms with Gasteiger partial charge in [0.15, 0.2) is 0 Å². The van der Waals surface area contributed by atoms with E-state index in [4.69, 9.17) is 14.2 Å². The average molecular weight is 397 g/mol. The van der Waals surface area contributed by atoms with Crippen molar-refractivity contribution in [2.45, 2.75) is 43.6 Å². The van der Waals surface area contributed by atoms with Gasteiger partial charge in [0.25, 0.3) is 0 Å². The SMILES string of the molecule is O=C(OCc1ccccc1)N1C2COCC1CC(O)(CCOc1ccccc1)C2. The lowest BCUT2D eigenvalue weighted by Gasteiger charge is -2.50. The first kappa shape index (κ1) is 19.7. The first-order chi connectivity index (χ1) is 14.1. The third kappa shape index (κ3) is 4.89. The zero-order valence-electron chi connectivity index (χ0n) is 16.4. The van der Waals surface area contributed by atoms with E-state index in [2.05, 4.69) is 0 Å². The molecule has 0 aliphatic carbocycles. The third-order valence-electron chi connectivity index (χ3n) is 5.63. The summed E-state index contributed by atoms with van der Waals surface area (Å²) in [5.41, 5.74) is 0.0817. The quantitative estimate of drug-likeness (QED) is 0.809. The summed E-state index contributed by atoms with van der Waals surface area (Å²) in [6, 6.07) is 18.8. The Hall–Kier alpha value is -2.57. The number of benzene rings is 2. The van der Waals surface area contributed by atoms with Gasteiger partial charge in [-0.3, -0.25) is 4.90 Å². The van der Waals surface area contributed by atoms with Gasteiger partial charge in [-0.05, 0) is 30.5 Å². The number of carbonyl (C=O) groups is 1. The molecule has 0 radical (unpaired) electrons. The maximum absolute atomic E-state index is 12.7. The van der Waals surface area contributed by atoms with Crippen molar-refractivity contribution < 1.29 is 24.1 Å². The van der Waals surface area contributed by atoms with Crippen molar-refractivity contribution in [3.05, 3.63) is 66.2 Å². The maximum atomic E-state index is 12.7. The van der Waals surface area contributed by atoms with Crippen LogP contribution in [0.1, 0.15) is 24.8 Å². The number of piperidine rings is 1. The number of ether oxygens (including phenoxy) is 3. The molecule has 0 aromatic heterocycles. The van der Waals surface area contributed by atoms with Crippen LogP contribution in [0.3, 0.4) is 0 Å². The Labute approximate surface area is 171 Å².